The molecule has 0 aliphatic heterocycles. The highest BCUT2D eigenvalue weighted by molar-refractivity contribution is 5.51. The monoisotopic (exact) mass is 231 g/mol. The van der Waals surface area contributed by atoms with Gasteiger partial charge in [0.05, 0.1) is 6.54 Å². The van der Waals surface area contributed by atoms with E-state index in [0.717, 1.165) is 12.1 Å². The Balaban J connectivity index is 1.97. The van der Waals surface area contributed by atoms with Gasteiger partial charge in [-0.3, -0.25) is 0 Å². The van der Waals surface area contributed by atoms with Crippen molar-refractivity contribution in [3.05, 3.63) is 36.2 Å². The van der Waals surface area contributed by atoms with Crippen molar-refractivity contribution < 1.29 is 4.42 Å². The van der Waals surface area contributed by atoms with Crippen LogP contribution in [0.2, 0.25) is 0 Å². The van der Waals surface area contributed by atoms with Crippen molar-refractivity contribution in [2.75, 3.05) is 6.54 Å². The SMILES string of the molecule is CC(C)CNCc1nnc(-c2ccccc2)o1. The van der Waals surface area contributed by atoms with E-state index in [1.165, 1.54) is 0 Å². The topological polar surface area (TPSA) is 51.0 Å². The van der Waals surface area contributed by atoms with Gasteiger partial charge in [0.25, 0.3) is 0 Å². The van der Waals surface area contributed by atoms with E-state index in [1.807, 2.05) is 30.3 Å². The fourth-order valence-corrected chi connectivity index (χ4v) is 1.49. The Labute approximate surface area is 101 Å². The zero-order valence-corrected chi connectivity index (χ0v) is 10.2. The van der Waals surface area contributed by atoms with E-state index < -0.39 is 0 Å². The van der Waals surface area contributed by atoms with E-state index in [0.29, 0.717) is 24.2 Å². The number of benzene rings is 1. The molecule has 0 fully saturated rings. The minimum absolute atomic E-state index is 0.576. The third kappa shape index (κ3) is 3.39. The Morgan fingerprint density at radius 2 is 1.94 bits per heavy atom. The minimum Gasteiger partial charge on any atom is -0.419 e. The van der Waals surface area contributed by atoms with Crippen LogP contribution >= 0.6 is 0 Å². The maximum Gasteiger partial charge on any atom is 0.247 e. The van der Waals surface area contributed by atoms with Gasteiger partial charge >= 0.3 is 0 Å². The molecule has 0 atom stereocenters. The molecular weight excluding hydrogens is 214 g/mol. The van der Waals surface area contributed by atoms with E-state index in [2.05, 4.69) is 29.4 Å². The molecule has 2 rings (SSSR count). The van der Waals surface area contributed by atoms with E-state index in [-0.39, 0.29) is 0 Å². The van der Waals surface area contributed by atoms with Gasteiger partial charge in [0, 0.05) is 5.56 Å². The van der Waals surface area contributed by atoms with Gasteiger partial charge in [0.1, 0.15) is 0 Å². The van der Waals surface area contributed by atoms with Crippen LogP contribution in [0.4, 0.5) is 0 Å². The number of rotatable bonds is 5. The summed E-state index contributed by atoms with van der Waals surface area (Å²) in [5.74, 6) is 1.82. The van der Waals surface area contributed by atoms with Crippen molar-refractivity contribution in [2.45, 2.75) is 20.4 Å². The Morgan fingerprint density at radius 1 is 1.18 bits per heavy atom. The highest BCUT2D eigenvalue weighted by Gasteiger charge is 2.07. The predicted octanol–water partition coefficient (Wildman–Crippen LogP) is 2.48. The maximum absolute atomic E-state index is 5.57. The first kappa shape index (κ1) is 11.8. The third-order valence-electron chi connectivity index (χ3n) is 2.32. The molecule has 0 unspecified atom stereocenters. The molecule has 1 heterocycles. The predicted molar refractivity (Wildman–Crippen MR) is 66.3 cm³/mol. The largest absolute Gasteiger partial charge is 0.419 e. The summed E-state index contributed by atoms with van der Waals surface area (Å²) in [5, 5.41) is 11.3. The zero-order valence-electron chi connectivity index (χ0n) is 10.2. The fourth-order valence-electron chi connectivity index (χ4n) is 1.49. The van der Waals surface area contributed by atoms with Crippen molar-refractivity contribution in [3.63, 3.8) is 0 Å². The van der Waals surface area contributed by atoms with Gasteiger partial charge in [-0.15, -0.1) is 10.2 Å². The van der Waals surface area contributed by atoms with Gasteiger partial charge in [-0.05, 0) is 24.6 Å². The van der Waals surface area contributed by atoms with Crippen LogP contribution in [-0.4, -0.2) is 16.7 Å². The minimum atomic E-state index is 0.576. The lowest BCUT2D eigenvalue weighted by atomic mass is 10.2. The lowest BCUT2D eigenvalue weighted by Crippen LogP contribution is -2.19. The van der Waals surface area contributed by atoms with Crippen LogP contribution in [0.1, 0.15) is 19.7 Å². The quantitative estimate of drug-likeness (QED) is 0.859. The summed E-state index contributed by atoms with van der Waals surface area (Å²) in [5.41, 5.74) is 0.954. The van der Waals surface area contributed by atoms with Crippen LogP contribution in [0, 0.1) is 5.92 Å². The summed E-state index contributed by atoms with van der Waals surface area (Å²) in [6.45, 7) is 5.90. The number of nitrogens with zero attached hydrogens (tertiary/aromatic N) is 2. The molecule has 17 heavy (non-hydrogen) atoms. The molecule has 0 bridgehead atoms. The van der Waals surface area contributed by atoms with E-state index in [4.69, 9.17) is 4.42 Å². The summed E-state index contributed by atoms with van der Waals surface area (Å²) < 4.78 is 5.57. The molecule has 2 aromatic rings. The lowest BCUT2D eigenvalue weighted by Gasteiger charge is -2.03. The van der Waals surface area contributed by atoms with E-state index >= 15 is 0 Å². The summed E-state index contributed by atoms with van der Waals surface area (Å²) in [6, 6.07) is 9.79. The first-order valence-electron chi connectivity index (χ1n) is 5.84. The Morgan fingerprint density at radius 3 is 2.65 bits per heavy atom. The molecule has 90 valence electrons. The van der Waals surface area contributed by atoms with Crippen molar-refractivity contribution in [2.24, 2.45) is 5.92 Å². The number of hydrogen-bond acceptors (Lipinski definition) is 4. The molecule has 4 nitrogen and oxygen atoms in total. The molecule has 0 saturated carbocycles. The number of aromatic nitrogens is 2. The van der Waals surface area contributed by atoms with Gasteiger partial charge in [-0.1, -0.05) is 32.0 Å². The van der Waals surface area contributed by atoms with Crippen LogP contribution in [-0.2, 0) is 6.54 Å². The molecule has 0 saturated heterocycles. The van der Waals surface area contributed by atoms with Crippen molar-refractivity contribution in [1.29, 1.82) is 0 Å². The zero-order chi connectivity index (χ0) is 12.1. The van der Waals surface area contributed by atoms with Crippen molar-refractivity contribution >= 4 is 0 Å². The van der Waals surface area contributed by atoms with Gasteiger partial charge in [0.2, 0.25) is 11.8 Å². The molecule has 1 aromatic heterocycles. The van der Waals surface area contributed by atoms with Crippen LogP contribution in [0.3, 0.4) is 0 Å². The van der Waals surface area contributed by atoms with Gasteiger partial charge < -0.3 is 9.73 Å². The lowest BCUT2D eigenvalue weighted by molar-refractivity contribution is 0.459. The molecule has 0 amide bonds. The second-order valence-corrected chi connectivity index (χ2v) is 4.39. The number of nitrogens with one attached hydrogen (secondary N) is 1. The number of hydrogen-bond donors (Lipinski definition) is 1. The third-order valence-corrected chi connectivity index (χ3v) is 2.32. The van der Waals surface area contributed by atoms with Crippen molar-refractivity contribution in [1.82, 2.24) is 15.5 Å². The Bertz CT molecular complexity index is 451. The molecule has 0 aliphatic carbocycles. The summed E-state index contributed by atoms with van der Waals surface area (Å²) in [6.07, 6.45) is 0. The average Bonchev–Trinajstić information content (AvgIpc) is 2.78. The smallest absolute Gasteiger partial charge is 0.247 e. The van der Waals surface area contributed by atoms with E-state index in [9.17, 15) is 0 Å². The maximum atomic E-state index is 5.57. The van der Waals surface area contributed by atoms with E-state index in [1.54, 1.807) is 0 Å². The molecule has 0 spiro atoms. The Hall–Kier alpha value is -1.68. The Kier molecular flexibility index (Phi) is 3.88. The van der Waals surface area contributed by atoms with Crippen LogP contribution in [0.5, 0.6) is 0 Å². The van der Waals surface area contributed by atoms with Gasteiger partial charge in [0.15, 0.2) is 0 Å². The fraction of sp³-hybridized carbons (Fsp3) is 0.385. The summed E-state index contributed by atoms with van der Waals surface area (Å²) >= 11 is 0. The molecule has 0 radical (unpaired) electrons. The normalized spacial score (nSPS) is 11.0. The highest BCUT2D eigenvalue weighted by atomic mass is 16.4. The first-order valence-corrected chi connectivity index (χ1v) is 5.84. The molecule has 4 heteroatoms. The first-order chi connectivity index (χ1) is 8.25. The molecule has 1 aromatic carbocycles. The summed E-state index contributed by atoms with van der Waals surface area (Å²) in [7, 11) is 0. The van der Waals surface area contributed by atoms with Gasteiger partial charge in [-0.2, -0.15) is 0 Å². The van der Waals surface area contributed by atoms with Crippen LogP contribution < -0.4 is 5.32 Å². The van der Waals surface area contributed by atoms with Crippen LogP contribution in [0.15, 0.2) is 34.7 Å². The molecule has 0 aliphatic rings. The van der Waals surface area contributed by atoms with Gasteiger partial charge in [-0.25, -0.2) is 0 Å². The molecular formula is C13H17N3O. The van der Waals surface area contributed by atoms with Crippen molar-refractivity contribution in [3.8, 4) is 11.5 Å². The second-order valence-electron chi connectivity index (χ2n) is 4.39. The second kappa shape index (κ2) is 5.59. The standard InChI is InChI=1S/C13H17N3O/c1-10(2)8-14-9-12-15-16-13(17-12)11-6-4-3-5-7-11/h3-7,10,14H,8-9H2,1-2H3. The summed E-state index contributed by atoms with van der Waals surface area (Å²) in [4.78, 5) is 0. The van der Waals surface area contributed by atoms with Crippen LogP contribution in [0.25, 0.3) is 11.5 Å². The average molecular weight is 231 g/mol. The highest BCUT2D eigenvalue weighted by Crippen LogP contribution is 2.16. The molecule has 1 N–H and O–H groups in total.